The molecule has 0 radical (unpaired) electrons. The van der Waals surface area contributed by atoms with Gasteiger partial charge in [-0.05, 0) is 49.8 Å². The third kappa shape index (κ3) is 9.56. The lowest BCUT2D eigenvalue weighted by Crippen LogP contribution is -2.39. The van der Waals surface area contributed by atoms with Gasteiger partial charge in [0.05, 0.1) is 0 Å². The van der Waals surface area contributed by atoms with E-state index in [4.69, 9.17) is 4.74 Å². The van der Waals surface area contributed by atoms with Crippen LogP contribution >= 0.6 is 24.0 Å². The highest BCUT2D eigenvalue weighted by atomic mass is 127. The molecule has 1 fully saturated rings. The normalized spacial score (nSPS) is 13.9. The second-order valence-electron chi connectivity index (χ2n) is 6.55. The highest BCUT2D eigenvalue weighted by molar-refractivity contribution is 14.0. The van der Waals surface area contributed by atoms with Crippen molar-refractivity contribution in [1.29, 1.82) is 0 Å². The van der Waals surface area contributed by atoms with Crippen LogP contribution in [0, 0.1) is 11.7 Å². The first kappa shape index (κ1) is 23.0. The van der Waals surface area contributed by atoms with Crippen LogP contribution in [0.4, 0.5) is 10.1 Å². The van der Waals surface area contributed by atoms with Crippen LogP contribution in [-0.4, -0.2) is 52.9 Å². The first-order chi connectivity index (χ1) is 12.2. The summed E-state index contributed by atoms with van der Waals surface area (Å²) in [6, 6.07) is 6.67. The zero-order chi connectivity index (χ0) is 17.9. The number of hydrogen-bond donors (Lipinski definition) is 2. The highest BCUT2D eigenvalue weighted by Crippen LogP contribution is 2.28. The molecule has 0 atom stereocenters. The van der Waals surface area contributed by atoms with Crippen molar-refractivity contribution in [3.8, 4) is 0 Å². The van der Waals surface area contributed by atoms with Crippen LogP contribution in [-0.2, 0) is 4.74 Å². The molecule has 2 N–H and O–H groups in total. The van der Waals surface area contributed by atoms with E-state index in [1.807, 2.05) is 13.1 Å². The minimum absolute atomic E-state index is 0. The zero-order valence-corrected chi connectivity index (χ0v) is 18.2. The van der Waals surface area contributed by atoms with E-state index in [0.29, 0.717) is 0 Å². The summed E-state index contributed by atoms with van der Waals surface area (Å²) in [6.45, 7) is 4.25. The third-order valence-corrected chi connectivity index (χ3v) is 4.24. The van der Waals surface area contributed by atoms with Crippen molar-refractivity contribution < 1.29 is 9.13 Å². The lowest BCUT2D eigenvalue weighted by Gasteiger charge is -2.20. The third-order valence-electron chi connectivity index (χ3n) is 4.24. The van der Waals surface area contributed by atoms with Gasteiger partial charge in [-0.15, -0.1) is 24.0 Å². The summed E-state index contributed by atoms with van der Waals surface area (Å²) in [5, 5.41) is 6.60. The van der Waals surface area contributed by atoms with Gasteiger partial charge < -0.3 is 20.3 Å². The van der Waals surface area contributed by atoms with E-state index in [-0.39, 0.29) is 29.8 Å². The Kier molecular flexibility index (Phi) is 11.6. The second-order valence-corrected chi connectivity index (χ2v) is 6.55. The quantitative estimate of drug-likeness (QED) is 0.222. The fourth-order valence-electron chi connectivity index (χ4n) is 2.50. The van der Waals surface area contributed by atoms with Crippen molar-refractivity contribution in [2.24, 2.45) is 10.9 Å². The Hall–Kier alpha value is -1.09. The van der Waals surface area contributed by atoms with E-state index in [1.165, 1.54) is 18.9 Å². The van der Waals surface area contributed by atoms with Gasteiger partial charge in [0.15, 0.2) is 5.96 Å². The minimum Gasteiger partial charge on any atom is -0.381 e. The molecule has 0 heterocycles. The molecule has 0 saturated heterocycles. The van der Waals surface area contributed by atoms with E-state index < -0.39 is 0 Å². The summed E-state index contributed by atoms with van der Waals surface area (Å²) in [4.78, 5) is 6.27. The molecule has 0 aliphatic heterocycles. The molecule has 1 aliphatic carbocycles. The van der Waals surface area contributed by atoms with Crippen LogP contribution in [0.15, 0.2) is 29.3 Å². The van der Waals surface area contributed by atoms with E-state index >= 15 is 0 Å². The molecule has 1 aromatic carbocycles. The van der Waals surface area contributed by atoms with Crippen molar-refractivity contribution >= 4 is 35.6 Å². The van der Waals surface area contributed by atoms with E-state index in [2.05, 4.69) is 20.5 Å². The number of halogens is 2. The molecule has 0 spiro atoms. The average Bonchev–Trinajstić information content (AvgIpc) is 3.43. The Morgan fingerprint density at radius 2 is 2.00 bits per heavy atom. The lowest BCUT2D eigenvalue weighted by atomic mass is 10.2. The Morgan fingerprint density at radius 1 is 1.27 bits per heavy atom. The maximum Gasteiger partial charge on any atom is 0.190 e. The first-order valence-electron chi connectivity index (χ1n) is 9.18. The molecule has 1 aromatic rings. The summed E-state index contributed by atoms with van der Waals surface area (Å²) in [6.07, 6.45) is 4.60. The number of anilines is 1. The lowest BCUT2D eigenvalue weighted by molar-refractivity contribution is 0.123. The molecule has 26 heavy (non-hydrogen) atoms. The number of aliphatic imine (C=N–C) groups is 1. The van der Waals surface area contributed by atoms with E-state index in [1.54, 1.807) is 19.2 Å². The van der Waals surface area contributed by atoms with Gasteiger partial charge in [-0.2, -0.15) is 0 Å². The van der Waals surface area contributed by atoms with Crippen molar-refractivity contribution in [3.05, 3.63) is 30.1 Å². The summed E-state index contributed by atoms with van der Waals surface area (Å²) < 4.78 is 18.8. The zero-order valence-electron chi connectivity index (χ0n) is 15.8. The largest absolute Gasteiger partial charge is 0.381 e. The molecule has 0 bridgehead atoms. The fourth-order valence-corrected chi connectivity index (χ4v) is 2.50. The maximum absolute atomic E-state index is 13.2. The molecule has 0 aromatic heterocycles. The Labute approximate surface area is 173 Å². The monoisotopic (exact) mass is 478 g/mol. The molecule has 5 nitrogen and oxygen atoms in total. The van der Waals surface area contributed by atoms with Gasteiger partial charge in [0, 0.05) is 52.6 Å². The van der Waals surface area contributed by atoms with Crippen molar-refractivity contribution in [2.75, 3.05) is 51.8 Å². The summed E-state index contributed by atoms with van der Waals surface area (Å²) >= 11 is 0. The van der Waals surface area contributed by atoms with Crippen molar-refractivity contribution in [1.82, 2.24) is 10.6 Å². The molecule has 0 unspecified atom stereocenters. The second kappa shape index (κ2) is 13.1. The van der Waals surface area contributed by atoms with Crippen LogP contribution < -0.4 is 15.5 Å². The Morgan fingerprint density at radius 3 is 2.65 bits per heavy atom. The maximum atomic E-state index is 13.2. The van der Waals surface area contributed by atoms with Crippen LogP contribution in [0.1, 0.15) is 25.7 Å². The first-order valence-corrected chi connectivity index (χ1v) is 9.18. The number of nitrogens with one attached hydrogen (secondary N) is 2. The molecule has 7 heteroatoms. The smallest absolute Gasteiger partial charge is 0.190 e. The Balaban J connectivity index is 0.00000338. The van der Waals surface area contributed by atoms with Gasteiger partial charge in [0.1, 0.15) is 5.82 Å². The van der Waals surface area contributed by atoms with E-state index in [0.717, 1.165) is 63.3 Å². The van der Waals surface area contributed by atoms with Crippen LogP contribution in [0.5, 0.6) is 0 Å². The van der Waals surface area contributed by atoms with Crippen LogP contribution in [0.25, 0.3) is 0 Å². The number of benzene rings is 1. The molecule has 1 saturated carbocycles. The van der Waals surface area contributed by atoms with Gasteiger partial charge in [-0.1, -0.05) is 6.07 Å². The molecule has 148 valence electrons. The summed E-state index contributed by atoms with van der Waals surface area (Å²) in [5.41, 5.74) is 0.897. The predicted octanol–water partition coefficient (Wildman–Crippen LogP) is 3.25. The van der Waals surface area contributed by atoms with Gasteiger partial charge in [0.25, 0.3) is 0 Å². The molecule has 0 amide bonds. The number of nitrogens with zero attached hydrogens (tertiary/aromatic N) is 2. The SMILES string of the molecule is CN=C(NCCCOCC1CC1)NCCCN(C)c1cccc(F)c1.I. The van der Waals surface area contributed by atoms with Crippen LogP contribution in [0.2, 0.25) is 0 Å². The number of rotatable bonds is 11. The molecule has 2 rings (SSSR count). The minimum atomic E-state index is -0.201. The van der Waals surface area contributed by atoms with Gasteiger partial charge in [-0.25, -0.2) is 4.39 Å². The predicted molar refractivity (Wildman–Crippen MR) is 117 cm³/mol. The van der Waals surface area contributed by atoms with Gasteiger partial charge >= 0.3 is 0 Å². The Bertz CT molecular complexity index is 540. The van der Waals surface area contributed by atoms with Crippen molar-refractivity contribution in [2.45, 2.75) is 25.7 Å². The van der Waals surface area contributed by atoms with Crippen LogP contribution in [0.3, 0.4) is 0 Å². The average molecular weight is 478 g/mol. The summed E-state index contributed by atoms with van der Waals surface area (Å²) in [7, 11) is 3.75. The topological polar surface area (TPSA) is 48.9 Å². The standard InChI is InChI=1S/C19H31FN4O.HI/c1-21-19(23-11-5-13-25-15-16-8-9-16)22-10-4-12-24(2)18-7-3-6-17(20)14-18;/h3,6-7,14,16H,4-5,8-13,15H2,1-2H3,(H2,21,22,23);1H. The van der Waals surface area contributed by atoms with Gasteiger partial charge in [-0.3, -0.25) is 4.99 Å². The fraction of sp³-hybridized carbons (Fsp3) is 0.632. The van der Waals surface area contributed by atoms with E-state index in [9.17, 15) is 4.39 Å². The molecular weight excluding hydrogens is 446 g/mol. The van der Waals surface area contributed by atoms with Crippen molar-refractivity contribution in [3.63, 3.8) is 0 Å². The number of hydrogen-bond acceptors (Lipinski definition) is 3. The molecular formula is C19H32FIN4O. The molecule has 1 aliphatic rings. The number of guanidine groups is 1. The number of ether oxygens (including phenoxy) is 1. The highest BCUT2D eigenvalue weighted by Gasteiger charge is 2.20. The summed E-state index contributed by atoms with van der Waals surface area (Å²) in [5.74, 6) is 1.44. The van der Waals surface area contributed by atoms with Gasteiger partial charge in [0.2, 0.25) is 0 Å².